The number of carbonyl (C=O) groups excluding carboxylic acids is 2. The van der Waals surface area contributed by atoms with Crippen LogP contribution in [-0.2, 0) is 30.3 Å². The van der Waals surface area contributed by atoms with Crippen LogP contribution < -0.4 is 5.32 Å². The van der Waals surface area contributed by atoms with Crippen molar-refractivity contribution >= 4 is 17.8 Å². The number of benzene rings is 1. The molecule has 2 heterocycles. The number of ether oxygens (including phenoxy) is 2. The van der Waals surface area contributed by atoms with Crippen LogP contribution in [0.3, 0.4) is 0 Å². The Labute approximate surface area is 195 Å². The van der Waals surface area contributed by atoms with Crippen LogP contribution in [0.25, 0.3) is 0 Å². The van der Waals surface area contributed by atoms with Gasteiger partial charge in [0.25, 0.3) is 0 Å². The lowest BCUT2D eigenvalue weighted by molar-refractivity contribution is -0.170. The average Bonchev–Trinajstić information content (AvgIpc) is 2.82. The van der Waals surface area contributed by atoms with E-state index in [-0.39, 0.29) is 12.5 Å². The van der Waals surface area contributed by atoms with Gasteiger partial charge in [0.2, 0.25) is 5.91 Å². The number of carbonyl (C=O) groups is 3. The number of nitrogens with zero attached hydrogens (tertiary/aromatic N) is 1. The van der Waals surface area contributed by atoms with Crippen LogP contribution in [0, 0.1) is 0 Å². The molecule has 182 valence electrons. The van der Waals surface area contributed by atoms with Gasteiger partial charge in [-0.05, 0) is 64.4 Å². The number of aryl methyl sites for hydroxylation is 1. The molecule has 1 aromatic carbocycles. The summed E-state index contributed by atoms with van der Waals surface area (Å²) >= 11 is 0. The van der Waals surface area contributed by atoms with Gasteiger partial charge in [-0.3, -0.25) is 14.9 Å². The lowest BCUT2D eigenvalue weighted by Gasteiger charge is -2.52. The molecule has 1 aromatic rings. The second-order valence-electron chi connectivity index (χ2n) is 9.05. The Morgan fingerprint density at radius 1 is 1.24 bits per heavy atom. The van der Waals surface area contributed by atoms with Crippen molar-refractivity contribution in [2.24, 2.45) is 0 Å². The maximum absolute atomic E-state index is 13.7. The third-order valence-electron chi connectivity index (χ3n) is 6.72. The summed E-state index contributed by atoms with van der Waals surface area (Å²) in [5, 5.41) is 13.0. The van der Waals surface area contributed by atoms with E-state index in [1.807, 2.05) is 30.3 Å². The minimum absolute atomic E-state index is 0.248. The number of nitrogens with one attached hydrogen (secondary N) is 1. The Bertz CT molecular complexity index is 803. The van der Waals surface area contributed by atoms with Crippen molar-refractivity contribution < 1.29 is 29.0 Å². The molecule has 1 amide bonds. The summed E-state index contributed by atoms with van der Waals surface area (Å²) in [7, 11) is 0. The molecular formula is C25H36N2O6. The molecule has 2 fully saturated rings. The molecule has 2 saturated heterocycles. The van der Waals surface area contributed by atoms with Crippen LogP contribution in [0.5, 0.6) is 0 Å². The van der Waals surface area contributed by atoms with E-state index in [1.165, 1.54) is 0 Å². The van der Waals surface area contributed by atoms with Gasteiger partial charge in [0.15, 0.2) is 0 Å². The average molecular weight is 461 g/mol. The van der Waals surface area contributed by atoms with E-state index in [1.54, 1.807) is 18.7 Å². The van der Waals surface area contributed by atoms with Gasteiger partial charge in [-0.2, -0.15) is 0 Å². The summed E-state index contributed by atoms with van der Waals surface area (Å²) in [6.45, 7) is 4.67. The molecule has 2 aliphatic heterocycles. The van der Waals surface area contributed by atoms with E-state index in [4.69, 9.17) is 9.47 Å². The summed E-state index contributed by atoms with van der Waals surface area (Å²) in [5.41, 5.74) is 0.489. The maximum Gasteiger partial charge on any atom is 0.326 e. The largest absolute Gasteiger partial charge is 0.480 e. The van der Waals surface area contributed by atoms with Crippen molar-refractivity contribution in [1.82, 2.24) is 10.2 Å². The summed E-state index contributed by atoms with van der Waals surface area (Å²) in [4.78, 5) is 39.9. The third-order valence-corrected chi connectivity index (χ3v) is 6.72. The van der Waals surface area contributed by atoms with Crippen LogP contribution in [0.1, 0.15) is 57.9 Å². The first-order chi connectivity index (χ1) is 15.9. The molecule has 1 spiro atoms. The van der Waals surface area contributed by atoms with Gasteiger partial charge in [-0.15, -0.1) is 0 Å². The van der Waals surface area contributed by atoms with Crippen LogP contribution in [0.4, 0.5) is 0 Å². The Hall–Kier alpha value is -2.45. The number of amides is 1. The van der Waals surface area contributed by atoms with E-state index in [0.717, 1.165) is 31.2 Å². The van der Waals surface area contributed by atoms with Crippen molar-refractivity contribution in [2.45, 2.75) is 82.5 Å². The molecule has 8 nitrogen and oxygen atoms in total. The van der Waals surface area contributed by atoms with Crippen molar-refractivity contribution in [3.05, 3.63) is 35.9 Å². The fourth-order valence-corrected chi connectivity index (χ4v) is 5.10. The number of aliphatic carboxylic acids is 1. The topological polar surface area (TPSA) is 105 Å². The van der Waals surface area contributed by atoms with Crippen LogP contribution in [0.15, 0.2) is 30.3 Å². The molecule has 4 atom stereocenters. The molecule has 33 heavy (non-hydrogen) atoms. The van der Waals surface area contributed by atoms with E-state index in [0.29, 0.717) is 32.5 Å². The first kappa shape index (κ1) is 25.2. The lowest BCUT2D eigenvalue weighted by atomic mass is 9.79. The number of likely N-dealkylation sites (tertiary alicyclic amines) is 1. The normalized spacial score (nSPS) is 24.8. The summed E-state index contributed by atoms with van der Waals surface area (Å²) < 4.78 is 11.0. The minimum atomic E-state index is -0.994. The van der Waals surface area contributed by atoms with Crippen LogP contribution in [0.2, 0.25) is 0 Å². The highest BCUT2D eigenvalue weighted by Gasteiger charge is 2.50. The van der Waals surface area contributed by atoms with E-state index < -0.39 is 35.6 Å². The molecule has 0 aliphatic carbocycles. The van der Waals surface area contributed by atoms with Gasteiger partial charge in [0, 0.05) is 6.61 Å². The van der Waals surface area contributed by atoms with Gasteiger partial charge in [0.1, 0.15) is 12.1 Å². The van der Waals surface area contributed by atoms with E-state index >= 15 is 0 Å². The third kappa shape index (κ3) is 6.12. The lowest BCUT2D eigenvalue weighted by Crippen LogP contribution is -2.67. The van der Waals surface area contributed by atoms with Gasteiger partial charge < -0.3 is 19.5 Å². The zero-order chi connectivity index (χ0) is 23.8. The highest BCUT2D eigenvalue weighted by Crippen LogP contribution is 2.39. The maximum atomic E-state index is 13.7. The van der Waals surface area contributed by atoms with Gasteiger partial charge in [-0.25, -0.2) is 4.79 Å². The standard InChI is InChI=1S/C25H36N2O6/c1-3-33-24(31)20(13-12-19-9-5-4-6-10-19)26-18(2)22(28)27-21(23(29)30)11-7-14-25(27)15-8-16-32-17-25/h4-6,9-10,18,20-21,26H,3,7-8,11-17H2,1-2H3,(H,29,30)/t18-,20?,21?,25?/m0/s1. The van der Waals surface area contributed by atoms with E-state index in [2.05, 4.69) is 5.32 Å². The first-order valence-corrected chi connectivity index (χ1v) is 12.0. The zero-order valence-corrected chi connectivity index (χ0v) is 19.6. The number of hydrogen-bond acceptors (Lipinski definition) is 6. The number of esters is 1. The molecular weight excluding hydrogens is 424 g/mol. The van der Waals surface area contributed by atoms with Crippen molar-refractivity contribution in [2.75, 3.05) is 19.8 Å². The first-order valence-electron chi connectivity index (χ1n) is 12.0. The number of piperidine rings is 1. The molecule has 0 bridgehead atoms. The Morgan fingerprint density at radius 3 is 2.61 bits per heavy atom. The Kier molecular flexibility index (Phi) is 8.86. The molecule has 0 radical (unpaired) electrons. The predicted molar refractivity (Wildman–Crippen MR) is 123 cm³/mol. The minimum Gasteiger partial charge on any atom is -0.480 e. The highest BCUT2D eigenvalue weighted by atomic mass is 16.5. The van der Waals surface area contributed by atoms with Crippen LogP contribution in [-0.4, -0.2) is 71.3 Å². The highest BCUT2D eigenvalue weighted by molar-refractivity contribution is 5.88. The molecule has 3 unspecified atom stereocenters. The SMILES string of the molecule is CCOC(=O)C(CCc1ccccc1)N[C@@H](C)C(=O)N1C(C(=O)O)CCCC12CCCOC2. The fraction of sp³-hybridized carbons (Fsp3) is 0.640. The monoisotopic (exact) mass is 460 g/mol. The van der Waals surface area contributed by atoms with Crippen molar-refractivity contribution in [3.63, 3.8) is 0 Å². The van der Waals surface area contributed by atoms with E-state index in [9.17, 15) is 19.5 Å². The van der Waals surface area contributed by atoms with Gasteiger partial charge in [0.05, 0.1) is 24.8 Å². The number of hydrogen-bond donors (Lipinski definition) is 2. The second-order valence-corrected chi connectivity index (χ2v) is 9.05. The molecule has 0 aromatic heterocycles. The summed E-state index contributed by atoms with van der Waals surface area (Å²) in [5.74, 6) is -1.70. The number of rotatable bonds is 9. The summed E-state index contributed by atoms with van der Waals surface area (Å²) in [6.07, 6.45) is 4.53. The molecule has 0 saturated carbocycles. The second kappa shape index (κ2) is 11.6. The smallest absolute Gasteiger partial charge is 0.326 e. The van der Waals surface area contributed by atoms with Crippen LogP contribution >= 0.6 is 0 Å². The van der Waals surface area contributed by atoms with Crippen molar-refractivity contribution in [1.29, 1.82) is 0 Å². The summed E-state index contributed by atoms with van der Waals surface area (Å²) in [6, 6.07) is 7.52. The molecule has 8 heteroatoms. The molecule has 3 rings (SSSR count). The molecule has 2 aliphatic rings. The zero-order valence-electron chi connectivity index (χ0n) is 19.6. The van der Waals surface area contributed by atoms with Crippen molar-refractivity contribution in [3.8, 4) is 0 Å². The predicted octanol–water partition coefficient (Wildman–Crippen LogP) is 2.54. The number of carboxylic acid groups (broad SMARTS) is 1. The quantitative estimate of drug-likeness (QED) is 0.546. The fourth-order valence-electron chi connectivity index (χ4n) is 5.10. The Morgan fingerprint density at radius 2 is 1.97 bits per heavy atom. The Balaban J connectivity index is 1.77. The number of carboxylic acids is 1. The van der Waals surface area contributed by atoms with Gasteiger partial charge >= 0.3 is 11.9 Å². The van der Waals surface area contributed by atoms with Gasteiger partial charge in [-0.1, -0.05) is 30.3 Å². The molecule has 2 N–H and O–H groups in total.